The first-order chi connectivity index (χ1) is 12.6. The van der Waals surface area contributed by atoms with E-state index in [0.717, 1.165) is 26.5 Å². The fourth-order valence-corrected chi connectivity index (χ4v) is 4.82. The number of rotatable bonds is 4. The van der Waals surface area contributed by atoms with Crippen LogP contribution in [0.1, 0.15) is 11.1 Å². The molecule has 4 rings (SSSR count). The molecule has 0 aliphatic rings. The van der Waals surface area contributed by atoms with Crippen molar-refractivity contribution >= 4 is 44.8 Å². The van der Waals surface area contributed by atoms with Crippen LogP contribution in [-0.4, -0.2) is 9.97 Å². The Labute approximate surface area is 164 Å². The Balaban J connectivity index is 1.61. The lowest BCUT2D eigenvalue weighted by atomic mass is 10.1. The quantitative estimate of drug-likeness (QED) is 0.280. The van der Waals surface area contributed by atoms with Gasteiger partial charge >= 0.3 is 0 Å². The summed E-state index contributed by atoms with van der Waals surface area (Å²) >= 11 is 9.39. The van der Waals surface area contributed by atoms with Gasteiger partial charge in [-0.1, -0.05) is 35.5 Å². The third-order valence-electron chi connectivity index (χ3n) is 4.05. The highest BCUT2D eigenvalue weighted by Crippen LogP contribution is 2.38. The second-order valence-electron chi connectivity index (χ2n) is 5.84. The second-order valence-corrected chi connectivity index (χ2v) is 8.27. The van der Waals surface area contributed by atoms with E-state index in [9.17, 15) is 4.39 Å². The number of fused-ring (bicyclic) bond motifs is 1. The van der Waals surface area contributed by atoms with Crippen LogP contribution < -0.4 is 0 Å². The van der Waals surface area contributed by atoms with E-state index in [1.807, 2.05) is 24.3 Å². The van der Waals surface area contributed by atoms with Gasteiger partial charge in [-0.3, -0.25) is 0 Å². The predicted molar refractivity (Wildman–Crippen MR) is 109 cm³/mol. The lowest BCUT2D eigenvalue weighted by Crippen LogP contribution is -1.90. The normalized spacial score (nSPS) is 11.2. The van der Waals surface area contributed by atoms with E-state index < -0.39 is 0 Å². The van der Waals surface area contributed by atoms with Gasteiger partial charge in [0.2, 0.25) is 0 Å². The summed E-state index contributed by atoms with van der Waals surface area (Å²) in [5, 5.41) is 2.61. The molecule has 0 radical (unpaired) electrons. The van der Waals surface area contributed by atoms with Crippen molar-refractivity contribution in [2.75, 3.05) is 0 Å². The molecule has 130 valence electrons. The zero-order chi connectivity index (χ0) is 18.1. The Bertz CT molecular complexity index is 1080. The maximum absolute atomic E-state index is 13.0. The maximum atomic E-state index is 13.0. The molecule has 26 heavy (non-hydrogen) atoms. The Morgan fingerprint density at radius 2 is 1.92 bits per heavy atom. The van der Waals surface area contributed by atoms with Crippen LogP contribution in [-0.2, 0) is 5.75 Å². The SMILES string of the molecule is Cc1c(-c2ccnc(SCc3ccc(F)cc3)n2)sc2ccc(Cl)cc12. The molecular formula is C20H14ClFN2S2. The average Bonchev–Trinajstić information content (AvgIpc) is 2.98. The first kappa shape index (κ1) is 17.5. The van der Waals surface area contributed by atoms with Crippen molar-refractivity contribution in [1.29, 1.82) is 0 Å². The van der Waals surface area contributed by atoms with Crippen LogP contribution in [0.2, 0.25) is 5.02 Å². The van der Waals surface area contributed by atoms with E-state index in [4.69, 9.17) is 16.6 Å². The zero-order valence-corrected chi connectivity index (χ0v) is 16.3. The Hall–Kier alpha value is -1.95. The molecule has 2 nitrogen and oxygen atoms in total. The Morgan fingerprint density at radius 3 is 2.73 bits per heavy atom. The summed E-state index contributed by atoms with van der Waals surface area (Å²) in [7, 11) is 0. The first-order valence-corrected chi connectivity index (χ1v) is 10.2. The van der Waals surface area contributed by atoms with E-state index in [1.54, 1.807) is 41.4 Å². The fraction of sp³-hybridized carbons (Fsp3) is 0.100. The second kappa shape index (κ2) is 7.35. The number of nitrogens with zero attached hydrogens (tertiary/aromatic N) is 2. The van der Waals surface area contributed by atoms with Crippen LogP contribution in [0.25, 0.3) is 20.7 Å². The maximum Gasteiger partial charge on any atom is 0.188 e. The van der Waals surface area contributed by atoms with E-state index in [1.165, 1.54) is 22.4 Å². The van der Waals surface area contributed by atoms with Gasteiger partial charge < -0.3 is 0 Å². The van der Waals surface area contributed by atoms with E-state index in [0.29, 0.717) is 10.9 Å². The molecule has 2 aromatic heterocycles. The fourth-order valence-electron chi connectivity index (χ4n) is 2.70. The zero-order valence-electron chi connectivity index (χ0n) is 13.9. The largest absolute Gasteiger partial charge is 0.231 e. The molecule has 4 aromatic rings. The molecule has 0 unspecified atom stereocenters. The number of aryl methyl sites for hydroxylation is 1. The van der Waals surface area contributed by atoms with Crippen LogP contribution in [0, 0.1) is 12.7 Å². The predicted octanol–water partition coefficient (Wildman–Crippen LogP) is 6.75. The van der Waals surface area contributed by atoms with Crippen molar-refractivity contribution in [3.63, 3.8) is 0 Å². The van der Waals surface area contributed by atoms with E-state index >= 15 is 0 Å². The van der Waals surface area contributed by atoms with Crippen LogP contribution in [0.15, 0.2) is 59.9 Å². The first-order valence-electron chi connectivity index (χ1n) is 7.99. The minimum Gasteiger partial charge on any atom is -0.231 e. The summed E-state index contributed by atoms with van der Waals surface area (Å²) in [6.07, 6.45) is 1.78. The molecule has 0 bridgehead atoms. The number of halogens is 2. The third-order valence-corrected chi connectivity index (χ3v) is 6.51. The number of hydrogen-bond acceptors (Lipinski definition) is 4. The molecule has 0 aliphatic heterocycles. The number of hydrogen-bond donors (Lipinski definition) is 0. The monoisotopic (exact) mass is 400 g/mol. The molecule has 0 saturated carbocycles. The van der Waals surface area contributed by atoms with Gasteiger partial charge in [-0.05, 0) is 59.8 Å². The van der Waals surface area contributed by atoms with Crippen molar-refractivity contribution in [2.45, 2.75) is 17.8 Å². The molecule has 0 spiro atoms. The number of thioether (sulfide) groups is 1. The van der Waals surface area contributed by atoms with Gasteiger partial charge in [-0.15, -0.1) is 11.3 Å². The molecule has 0 atom stereocenters. The van der Waals surface area contributed by atoms with Crippen molar-refractivity contribution < 1.29 is 4.39 Å². The number of benzene rings is 2. The van der Waals surface area contributed by atoms with Gasteiger partial charge in [-0.2, -0.15) is 0 Å². The standard InChI is InChI=1S/C20H14ClFN2S2/c1-12-16-10-14(21)4-7-18(16)26-19(12)17-8-9-23-20(24-17)25-11-13-2-5-15(22)6-3-13/h2-10H,11H2,1H3. The van der Waals surface area contributed by atoms with E-state index in [2.05, 4.69) is 11.9 Å². The highest BCUT2D eigenvalue weighted by atomic mass is 35.5. The van der Waals surface area contributed by atoms with Crippen molar-refractivity contribution in [2.24, 2.45) is 0 Å². The minimum absolute atomic E-state index is 0.225. The topological polar surface area (TPSA) is 25.8 Å². The highest BCUT2D eigenvalue weighted by Gasteiger charge is 2.13. The summed E-state index contributed by atoms with van der Waals surface area (Å²) in [6.45, 7) is 2.10. The Morgan fingerprint density at radius 1 is 1.12 bits per heavy atom. The van der Waals surface area contributed by atoms with Gasteiger partial charge in [0.25, 0.3) is 0 Å². The van der Waals surface area contributed by atoms with Crippen LogP contribution >= 0.6 is 34.7 Å². The van der Waals surface area contributed by atoms with Gasteiger partial charge in [-0.25, -0.2) is 14.4 Å². The molecule has 0 amide bonds. The molecule has 2 aromatic carbocycles. The summed E-state index contributed by atoms with van der Waals surface area (Å²) in [5.41, 5.74) is 3.13. The van der Waals surface area contributed by atoms with Crippen LogP contribution in [0.3, 0.4) is 0 Å². The number of aromatic nitrogens is 2. The summed E-state index contributed by atoms with van der Waals surface area (Å²) < 4.78 is 14.2. The molecule has 2 heterocycles. The average molecular weight is 401 g/mol. The molecule has 0 saturated heterocycles. The lowest BCUT2D eigenvalue weighted by Gasteiger charge is -2.04. The van der Waals surface area contributed by atoms with Gasteiger partial charge in [0, 0.05) is 21.7 Å². The number of thiophene rings is 1. The summed E-state index contributed by atoms with van der Waals surface area (Å²) in [4.78, 5) is 10.2. The molecule has 6 heteroatoms. The van der Waals surface area contributed by atoms with Gasteiger partial charge in [0.15, 0.2) is 5.16 Å². The van der Waals surface area contributed by atoms with Crippen molar-refractivity contribution in [1.82, 2.24) is 9.97 Å². The summed E-state index contributed by atoms with van der Waals surface area (Å²) in [5.74, 6) is 0.474. The summed E-state index contributed by atoms with van der Waals surface area (Å²) in [6, 6.07) is 14.4. The van der Waals surface area contributed by atoms with Crippen LogP contribution in [0.4, 0.5) is 4.39 Å². The highest BCUT2D eigenvalue weighted by molar-refractivity contribution is 7.98. The smallest absolute Gasteiger partial charge is 0.188 e. The molecular weight excluding hydrogens is 387 g/mol. The van der Waals surface area contributed by atoms with Gasteiger partial charge in [0.05, 0.1) is 10.6 Å². The van der Waals surface area contributed by atoms with Crippen molar-refractivity contribution in [3.8, 4) is 10.6 Å². The van der Waals surface area contributed by atoms with Gasteiger partial charge in [0.1, 0.15) is 5.82 Å². The molecule has 0 aliphatic carbocycles. The lowest BCUT2D eigenvalue weighted by molar-refractivity contribution is 0.627. The Kier molecular flexibility index (Phi) is 4.94. The van der Waals surface area contributed by atoms with E-state index in [-0.39, 0.29) is 5.82 Å². The van der Waals surface area contributed by atoms with Crippen molar-refractivity contribution in [3.05, 3.63) is 76.7 Å². The molecule has 0 N–H and O–H groups in total. The molecule has 0 fully saturated rings. The third kappa shape index (κ3) is 3.61. The van der Waals surface area contributed by atoms with Crippen LogP contribution in [0.5, 0.6) is 0 Å². The minimum atomic E-state index is -0.225.